The van der Waals surface area contributed by atoms with Gasteiger partial charge in [0.2, 0.25) is 0 Å². The Bertz CT molecular complexity index is 1560. The molecule has 5 rings (SSSR count). The molecule has 40 heavy (non-hydrogen) atoms. The predicted molar refractivity (Wildman–Crippen MR) is 159 cm³/mol. The minimum absolute atomic E-state index is 0.0246. The van der Waals surface area contributed by atoms with Crippen molar-refractivity contribution in [2.75, 3.05) is 38.5 Å². The van der Waals surface area contributed by atoms with Gasteiger partial charge in [0.1, 0.15) is 11.6 Å². The second-order valence-electron chi connectivity index (χ2n) is 10.6. The van der Waals surface area contributed by atoms with Crippen LogP contribution < -0.4 is 16.0 Å². The molecular formula is C31H34ClN5O3. The second kappa shape index (κ2) is 12.1. The van der Waals surface area contributed by atoms with E-state index in [0.29, 0.717) is 71.8 Å². The molecule has 208 valence electrons. The van der Waals surface area contributed by atoms with Crippen LogP contribution in [0.5, 0.6) is 5.75 Å². The normalized spacial score (nSPS) is 14.2. The fourth-order valence-electron chi connectivity index (χ4n) is 5.07. The van der Waals surface area contributed by atoms with E-state index < -0.39 is 0 Å². The number of nitrogens with two attached hydrogens (primary N) is 1. The number of benzene rings is 3. The molecule has 1 saturated heterocycles. The van der Waals surface area contributed by atoms with Crippen LogP contribution in [0.1, 0.15) is 25.2 Å². The van der Waals surface area contributed by atoms with Crippen LogP contribution in [-0.2, 0) is 17.8 Å². The lowest BCUT2D eigenvalue weighted by Crippen LogP contribution is -2.50. The summed E-state index contributed by atoms with van der Waals surface area (Å²) in [5.74, 6) is 1.65. The van der Waals surface area contributed by atoms with E-state index in [-0.39, 0.29) is 18.1 Å². The number of amides is 1. The van der Waals surface area contributed by atoms with Gasteiger partial charge in [-0.05, 0) is 66.4 Å². The summed E-state index contributed by atoms with van der Waals surface area (Å²) in [6.07, 6.45) is 0.843. The number of piperazine rings is 1. The van der Waals surface area contributed by atoms with E-state index in [1.54, 1.807) is 47.0 Å². The molecule has 9 heteroatoms. The Morgan fingerprint density at radius 1 is 1.02 bits per heavy atom. The molecular weight excluding hydrogens is 526 g/mol. The number of hydrogen-bond donors (Lipinski definition) is 1. The Morgan fingerprint density at radius 3 is 2.48 bits per heavy atom. The monoisotopic (exact) mass is 559 g/mol. The molecule has 0 bridgehead atoms. The van der Waals surface area contributed by atoms with Crippen molar-refractivity contribution >= 4 is 34.1 Å². The van der Waals surface area contributed by atoms with Crippen molar-refractivity contribution < 1.29 is 9.53 Å². The van der Waals surface area contributed by atoms with E-state index in [1.165, 1.54) is 0 Å². The average Bonchev–Trinajstić information content (AvgIpc) is 2.94. The van der Waals surface area contributed by atoms with Gasteiger partial charge in [-0.1, -0.05) is 43.6 Å². The lowest BCUT2D eigenvalue weighted by Gasteiger charge is -2.34. The topological polar surface area (TPSA) is 93.7 Å². The largest absolute Gasteiger partial charge is 0.484 e. The predicted octanol–water partition coefficient (Wildman–Crippen LogP) is 4.54. The first-order valence-corrected chi connectivity index (χ1v) is 13.9. The van der Waals surface area contributed by atoms with Gasteiger partial charge in [0.15, 0.2) is 6.61 Å². The summed E-state index contributed by atoms with van der Waals surface area (Å²) in [4.78, 5) is 35.7. The molecule has 1 aliphatic rings. The van der Waals surface area contributed by atoms with Crippen LogP contribution in [-0.4, -0.2) is 58.0 Å². The third kappa shape index (κ3) is 6.29. The minimum Gasteiger partial charge on any atom is -0.484 e. The maximum atomic E-state index is 13.9. The van der Waals surface area contributed by atoms with E-state index in [0.717, 1.165) is 17.7 Å². The summed E-state index contributed by atoms with van der Waals surface area (Å²) in [7, 11) is 0. The lowest BCUT2D eigenvalue weighted by molar-refractivity contribution is -0.135. The van der Waals surface area contributed by atoms with E-state index >= 15 is 0 Å². The van der Waals surface area contributed by atoms with E-state index in [4.69, 9.17) is 27.1 Å². The summed E-state index contributed by atoms with van der Waals surface area (Å²) < 4.78 is 7.39. The highest BCUT2D eigenvalue weighted by Gasteiger charge is 2.24. The molecule has 0 unspecified atom stereocenters. The van der Waals surface area contributed by atoms with Crippen LogP contribution in [0, 0.1) is 5.92 Å². The summed E-state index contributed by atoms with van der Waals surface area (Å²) in [5, 5.41) is 1.12. The molecule has 1 aromatic heterocycles. The van der Waals surface area contributed by atoms with Gasteiger partial charge in [-0.25, -0.2) is 4.98 Å². The Kier molecular flexibility index (Phi) is 8.38. The number of ether oxygens (including phenoxy) is 1. The molecule has 2 heterocycles. The highest BCUT2D eigenvalue weighted by Crippen LogP contribution is 2.22. The Labute approximate surface area is 238 Å². The molecule has 0 aliphatic carbocycles. The number of nitrogens with zero attached hydrogens (tertiary/aromatic N) is 4. The highest BCUT2D eigenvalue weighted by molar-refractivity contribution is 6.30. The van der Waals surface area contributed by atoms with Gasteiger partial charge in [-0.2, -0.15) is 0 Å². The number of halogens is 1. The van der Waals surface area contributed by atoms with Crippen LogP contribution in [0.25, 0.3) is 16.6 Å². The lowest BCUT2D eigenvalue weighted by atomic mass is 10.0. The van der Waals surface area contributed by atoms with Gasteiger partial charge in [-0.3, -0.25) is 19.1 Å². The number of nitrogen functional groups attached to an aromatic ring is 1. The van der Waals surface area contributed by atoms with Gasteiger partial charge in [0.25, 0.3) is 11.5 Å². The van der Waals surface area contributed by atoms with Crippen molar-refractivity contribution in [3.05, 3.63) is 93.5 Å². The Hall–Kier alpha value is -3.88. The van der Waals surface area contributed by atoms with E-state index in [2.05, 4.69) is 24.8 Å². The van der Waals surface area contributed by atoms with Crippen molar-refractivity contribution in [2.45, 2.75) is 26.8 Å². The molecule has 8 nitrogen and oxygen atoms in total. The molecule has 0 radical (unpaired) electrons. The van der Waals surface area contributed by atoms with Crippen molar-refractivity contribution in [1.82, 2.24) is 19.4 Å². The number of para-hydroxylation sites is 1. The smallest absolute Gasteiger partial charge is 0.266 e. The molecule has 2 N–H and O–H groups in total. The molecule has 0 saturated carbocycles. The standard InChI is InChI=1S/C31H34ClN5O3/c1-21(2)17-22-5-3-4-6-28(22)37-29(34-27-12-9-24(33)18-26(27)31(37)39)19-35-13-15-36(16-14-35)30(38)20-40-25-10-7-23(32)8-11-25/h3-12,18,21H,13-17,19-20,33H2,1-2H3. The average molecular weight is 560 g/mol. The third-order valence-corrected chi connectivity index (χ3v) is 7.34. The van der Waals surface area contributed by atoms with Crippen molar-refractivity contribution in [3.63, 3.8) is 0 Å². The Balaban J connectivity index is 1.36. The molecule has 4 aromatic rings. The molecule has 0 atom stereocenters. The number of carbonyl (C=O) groups excluding carboxylic acids is 1. The van der Waals surface area contributed by atoms with Crippen molar-refractivity contribution in [3.8, 4) is 11.4 Å². The molecule has 3 aromatic carbocycles. The molecule has 0 spiro atoms. The SMILES string of the molecule is CC(C)Cc1ccccc1-n1c(CN2CCN(C(=O)COc3ccc(Cl)cc3)CC2)nc2ccc(N)cc2c1=O. The van der Waals surface area contributed by atoms with E-state index in [9.17, 15) is 9.59 Å². The van der Waals surface area contributed by atoms with Crippen LogP contribution in [0.4, 0.5) is 5.69 Å². The zero-order chi connectivity index (χ0) is 28.2. The van der Waals surface area contributed by atoms with Crippen LogP contribution in [0.3, 0.4) is 0 Å². The summed E-state index contributed by atoms with van der Waals surface area (Å²) in [6.45, 7) is 7.26. The highest BCUT2D eigenvalue weighted by atomic mass is 35.5. The number of carbonyl (C=O) groups is 1. The van der Waals surface area contributed by atoms with Crippen LogP contribution in [0.15, 0.2) is 71.5 Å². The summed E-state index contributed by atoms with van der Waals surface area (Å²) >= 11 is 5.92. The quantitative estimate of drug-likeness (QED) is 0.319. The molecule has 1 amide bonds. The zero-order valence-electron chi connectivity index (χ0n) is 22.8. The Morgan fingerprint density at radius 2 is 1.75 bits per heavy atom. The van der Waals surface area contributed by atoms with Crippen molar-refractivity contribution in [2.24, 2.45) is 5.92 Å². The maximum Gasteiger partial charge on any atom is 0.266 e. The fraction of sp³-hybridized carbons (Fsp3) is 0.323. The third-order valence-electron chi connectivity index (χ3n) is 7.09. The zero-order valence-corrected chi connectivity index (χ0v) is 23.6. The van der Waals surface area contributed by atoms with Crippen molar-refractivity contribution in [1.29, 1.82) is 0 Å². The second-order valence-corrected chi connectivity index (χ2v) is 11.0. The number of rotatable bonds is 8. The van der Waals surface area contributed by atoms with Gasteiger partial charge in [0.05, 0.1) is 23.1 Å². The van der Waals surface area contributed by atoms with Gasteiger partial charge in [-0.15, -0.1) is 0 Å². The molecule has 1 aliphatic heterocycles. The van der Waals surface area contributed by atoms with Crippen LogP contribution in [0.2, 0.25) is 5.02 Å². The first-order valence-electron chi connectivity index (χ1n) is 13.6. The first-order chi connectivity index (χ1) is 19.3. The number of anilines is 1. The summed E-state index contributed by atoms with van der Waals surface area (Å²) in [6, 6.07) is 20.3. The van der Waals surface area contributed by atoms with Crippen LogP contribution >= 0.6 is 11.6 Å². The number of fused-ring (bicyclic) bond motifs is 1. The fourth-order valence-corrected chi connectivity index (χ4v) is 5.19. The number of hydrogen-bond acceptors (Lipinski definition) is 6. The minimum atomic E-state index is -0.128. The van der Waals surface area contributed by atoms with Gasteiger partial charge >= 0.3 is 0 Å². The first kappa shape index (κ1) is 27.7. The number of aromatic nitrogens is 2. The van der Waals surface area contributed by atoms with Gasteiger partial charge < -0.3 is 15.4 Å². The maximum absolute atomic E-state index is 13.9. The van der Waals surface area contributed by atoms with Gasteiger partial charge in [0, 0.05) is 36.9 Å². The molecule has 1 fully saturated rings. The van der Waals surface area contributed by atoms with E-state index in [1.807, 2.05) is 23.1 Å². The summed E-state index contributed by atoms with van der Waals surface area (Å²) in [5.41, 5.74) is 9.01.